The van der Waals surface area contributed by atoms with Gasteiger partial charge < -0.3 is 13.6 Å². The summed E-state index contributed by atoms with van der Waals surface area (Å²) in [5, 5.41) is -0.150. The lowest BCUT2D eigenvalue weighted by molar-refractivity contribution is -0.0257. The van der Waals surface area contributed by atoms with E-state index in [1.165, 1.54) is 6.42 Å². The van der Waals surface area contributed by atoms with Gasteiger partial charge in [-0.1, -0.05) is 20.3 Å². The molecule has 1 rings (SSSR count). The minimum atomic E-state index is -2.20. The predicted molar refractivity (Wildman–Crippen MR) is 67.6 cm³/mol. The highest BCUT2D eigenvalue weighted by Gasteiger charge is 2.59. The van der Waals surface area contributed by atoms with Gasteiger partial charge in [-0.15, -0.1) is 0 Å². The van der Waals surface area contributed by atoms with E-state index >= 15 is 0 Å². The first-order chi connectivity index (χ1) is 7.59. The van der Waals surface area contributed by atoms with Gasteiger partial charge in [-0.05, 0) is 31.2 Å². The molecule has 0 spiro atoms. The highest BCUT2D eigenvalue weighted by molar-refractivity contribution is 6.70. The van der Waals surface area contributed by atoms with E-state index < -0.39 is 8.56 Å². The van der Waals surface area contributed by atoms with E-state index in [-0.39, 0.29) is 5.22 Å². The van der Waals surface area contributed by atoms with Crippen molar-refractivity contribution in [3.8, 4) is 0 Å². The first kappa shape index (κ1) is 14.2. The molecule has 1 saturated heterocycles. The second-order valence-corrected chi connectivity index (χ2v) is 8.69. The lowest BCUT2D eigenvalue weighted by Gasteiger charge is -2.49. The number of hydrogen-bond donors (Lipinski definition) is 0. The molecule has 1 aliphatic rings. The number of hydrogen-bond acceptors (Lipinski definition) is 3. The molecule has 0 aliphatic carbocycles. The predicted octanol–water partition coefficient (Wildman–Crippen LogP) is 2.88. The lowest BCUT2D eigenvalue weighted by Crippen LogP contribution is -2.65. The second-order valence-electron chi connectivity index (χ2n) is 4.96. The van der Waals surface area contributed by atoms with Crippen molar-refractivity contribution in [3.05, 3.63) is 0 Å². The minimum Gasteiger partial charge on any atom is -0.396 e. The quantitative estimate of drug-likeness (QED) is 0.698. The largest absolute Gasteiger partial charge is 0.396 e. The zero-order valence-corrected chi connectivity index (χ0v) is 12.3. The normalized spacial score (nSPS) is 33.9. The maximum Gasteiger partial charge on any atom is 0.370 e. The van der Waals surface area contributed by atoms with Gasteiger partial charge in [-0.25, -0.2) is 0 Å². The van der Waals surface area contributed by atoms with Gasteiger partial charge in [-0.2, -0.15) is 0 Å². The first-order valence-corrected chi connectivity index (χ1v) is 8.27. The fourth-order valence-electron chi connectivity index (χ4n) is 3.18. The average molecular weight is 246 g/mol. The van der Waals surface area contributed by atoms with Crippen LogP contribution in [-0.4, -0.2) is 35.1 Å². The molecule has 0 N–H and O–H groups in total. The Morgan fingerprint density at radius 3 is 2.31 bits per heavy atom. The molecule has 2 atom stereocenters. The summed E-state index contributed by atoms with van der Waals surface area (Å²) in [6, 6.07) is 1.05. The van der Waals surface area contributed by atoms with Crippen molar-refractivity contribution in [1.82, 2.24) is 0 Å². The Kier molecular flexibility index (Phi) is 4.98. The molecule has 1 aliphatic heterocycles. The molecule has 0 aromatic rings. The van der Waals surface area contributed by atoms with E-state index in [0.29, 0.717) is 5.92 Å². The van der Waals surface area contributed by atoms with Gasteiger partial charge >= 0.3 is 8.56 Å². The van der Waals surface area contributed by atoms with Gasteiger partial charge in [0.05, 0.1) is 0 Å². The van der Waals surface area contributed by atoms with Crippen LogP contribution in [0.1, 0.15) is 39.5 Å². The van der Waals surface area contributed by atoms with Crippen LogP contribution in [0, 0.1) is 5.92 Å². The summed E-state index contributed by atoms with van der Waals surface area (Å²) in [6.45, 7) is 4.50. The van der Waals surface area contributed by atoms with Crippen molar-refractivity contribution in [2.45, 2.75) is 50.8 Å². The number of rotatable bonds is 5. The zero-order valence-electron chi connectivity index (χ0n) is 11.3. The van der Waals surface area contributed by atoms with E-state index in [0.717, 1.165) is 25.3 Å². The molecule has 0 aromatic heterocycles. The van der Waals surface area contributed by atoms with Crippen molar-refractivity contribution >= 4 is 8.56 Å². The van der Waals surface area contributed by atoms with Crippen molar-refractivity contribution in [3.63, 3.8) is 0 Å². The molecule has 0 radical (unpaired) electrons. The van der Waals surface area contributed by atoms with Crippen molar-refractivity contribution in [1.29, 1.82) is 0 Å². The third-order valence-corrected chi connectivity index (χ3v) is 8.36. The highest BCUT2D eigenvalue weighted by Crippen LogP contribution is 2.44. The lowest BCUT2D eigenvalue weighted by atomic mass is 9.97. The molecule has 4 heteroatoms. The Morgan fingerprint density at radius 1 is 1.25 bits per heavy atom. The molecule has 0 bridgehead atoms. The minimum absolute atomic E-state index is 0.150. The summed E-state index contributed by atoms with van der Waals surface area (Å²) in [7, 11) is 3.19. The van der Waals surface area contributed by atoms with Crippen LogP contribution in [0.2, 0.25) is 6.04 Å². The fraction of sp³-hybridized carbons (Fsp3) is 1.00. The molecule has 16 heavy (non-hydrogen) atoms. The third kappa shape index (κ3) is 2.21. The topological polar surface area (TPSA) is 27.7 Å². The Bertz CT molecular complexity index is 218. The third-order valence-electron chi connectivity index (χ3n) is 4.04. The molecule has 2 unspecified atom stereocenters. The summed E-state index contributed by atoms with van der Waals surface area (Å²) >= 11 is 0. The standard InChI is InChI=1S/C12H26O3Si/c1-6-8-12(13-3)10-11(2)7-9-16(12,14-4)15-5/h11H,6-10H2,1-5H3. The highest BCUT2D eigenvalue weighted by atomic mass is 28.4. The summed E-state index contributed by atoms with van der Waals surface area (Å²) in [5.74, 6) is 0.706. The fourth-order valence-corrected chi connectivity index (χ4v) is 7.43. The Hall–Kier alpha value is 0.0969. The van der Waals surface area contributed by atoms with Crippen LogP contribution in [0.4, 0.5) is 0 Å². The monoisotopic (exact) mass is 246 g/mol. The molecule has 1 fully saturated rings. The molecular weight excluding hydrogens is 220 g/mol. The molecule has 0 aromatic carbocycles. The van der Waals surface area contributed by atoms with Gasteiger partial charge in [0.1, 0.15) is 5.22 Å². The Balaban J connectivity index is 3.02. The van der Waals surface area contributed by atoms with Crippen molar-refractivity contribution in [2.24, 2.45) is 5.92 Å². The second kappa shape index (κ2) is 5.62. The van der Waals surface area contributed by atoms with Crippen LogP contribution in [-0.2, 0) is 13.6 Å². The number of ether oxygens (including phenoxy) is 1. The van der Waals surface area contributed by atoms with Crippen LogP contribution < -0.4 is 0 Å². The summed E-state index contributed by atoms with van der Waals surface area (Å²) in [5.41, 5.74) is 0. The van der Waals surface area contributed by atoms with Crippen LogP contribution >= 0.6 is 0 Å². The van der Waals surface area contributed by atoms with Gasteiger partial charge in [0.15, 0.2) is 0 Å². The van der Waals surface area contributed by atoms with Gasteiger partial charge in [0.2, 0.25) is 0 Å². The van der Waals surface area contributed by atoms with Gasteiger partial charge in [-0.3, -0.25) is 0 Å². The van der Waals surface area contributed by atoms with Crippen molar-refractivity contribution < 1.29 is 13.6 Å². The van der Waals surface area contributed by atoms with Crippen LogP contribution in [0.3, 0.4) is 0 Å². The summed E-state index contributed by atoms with van der Waals surface area (Å²) < 4.78 is 17.6. The Labute approximate surface area is 101 Å². The maximum absolute atomic E-state index is 5.90. The molecule has 1 heterocycles. The van der Waals surface area contributed by atoms with Gasteiger partial charge in [0, 0.05) is 21.3 Å². The van der Waals surface area contributed by atoms with E-state index in [9.17, 15) is 0 Å². The van der Waals surface area contributed by atoms with Crippen LogP contribution in [0.5, 0.6) is 0 Å². The smallest absolute Gasteiger partial charge is 0.370 e. The Morgan fingerprint density at radius 2 is 1.88 bits per heavy atom. The van der Waals surface area contributed by atoms with E-state index in [4.69, 9.17) is 13.6 Å². The zero-order chi connectivity index (χ0) is 12.2. The van der Waals surface area contributed by atoms with Gasteiger partial charge in [0.25, 0.3) is 0 Å². The SMILES string of the molecule is CCCC1(OC)CC(C)CC[Si]1(OC)OC. The summed E-state index contributed by atoms with van der Waals surface area (Å²) in [6.07, 6.45) is 4.43. The molecule has 3 nitrogen and oxygen atoms in total. The van der Waals surface area contributed by atoms with E-state index in [2.05, 4.69) is 13.8 Å². The van der Waals surface area contributed by atoms with Crippen LogP contribution in [0.15, 0.2) is 0 Å². The molecule has 96 valence electrons. The summed E-state index contributed by atoms with van der Waals surface area (Å²) in [4.78, 5) is 0. The molecule has 0 saturated carbocycles. The first-order valence-electron chi connectivity index (χ1n) is 6.25. The van der Waals surface area contributed by atoms with Crippen LogP contribution in [0.25, 0.3) is 0 Å². The van der Waals surface area contributed by atoms with E-state index in [1.54, 1.807) is 14.2 Å². The van der Waals surface area contributed by atoms with E-state index in [1.807, 2.05) is 7.11 Å². The number of methoxy groups -OCH3 is 1. The maximum atomic E-state index is 5.90. The average Bonchev–Trinajstić information content (AvgIpc) is 2.30. The molecular formula is C12H26O3Si. The van der Waals surface area contributed by atoms with Crippen molar-refractivity contribution in [2.75, 3.05) is 21.3 Å². The molecule has 0 amide bonds.